The summed E-state index contributed by atoms with van der Waals surface area (Å²) in [6.45, 7) is -0.799. The van der Waals surface area contributed by atoms with Crippen molar-refractivity contribution in [1.29, 1.82) is 0 Å². The Hall–Kier alpha value is -0.500. The van der Waals surface area contributed by atoms with Crippen LogP contribution in [-0.2, 0) is 18.4 Å². The van der Waals surface area contributed by atoms with E-state index in [-0.39, 0.29) is 8.03 Å². The molecule has 0 saturated carbocycles. The summed E-state index contributed by atoms with van der Waals surface area (Å²) in [5, 5.41) is 19.6. The van der Waals surface area contributed by atoms with Crippen molar-refractivity contribution in [3.8, 4) is 0 Å². The summed E-state index contributed by atoms with van der Waals surface area (Å²) in [4.78, 5) is 18.9. The Kier molecular flexibility index (Phi) is 8.36. The predicted octanol–water partition coefficient (Wildman–Crippen LogP) is -1.14. The van der Waals surface area contributed by atoms with Gasteiger partial charge in [-0.2, -0.15) is 0 Å². The van der Waals surface area contributed by atoms with Gasteiger partial charge in [0.15, 0.2) is 0 Å². The van der Waals surface area contributed by atoms with Crippen molar-refractivity contribution in [2.24, 2.45) is 0 Å². The van der Waals surface area contributed by atoms with Gasteiger partial charge in [0.05, 0.1) is 19.8 Å². The van der Waals surface area contributed by atoms with Crippen molar-refractivity contribution in [3.63, 3.8) is 0 Å². The van der Waals surface area contributed by atoms with Gasteiger partial charge in [0.25, 0.3) is 0 Å². The van der Waals surface area contributed by atoms with Gasteiger partial charge in [-0.15, -0.1) is 0 Å². The van der Waals surface area contributed by atoms with Crippen LogP contribution in [0.2, 0.25) is 0 Å². The van der Waals surface area contributed by atoms with E-state index < -0.39 is 27.1 Å². The molecule has 0 saturated heterocycles. The molecule has 0 aromatic heterocycles. The van der Waals surface area contributed by atoms with Gasteiger partial charge in [0.1, 0.15) is 6.10 Å². The van der Waals surface area contributed by atoms with Gasteiger partial charge in [0, 0.05) is 7.97 Å². The number of hydrogen-bond donors (Lipinski definition) is 4. The summed E-state index contributed by atoms with van der Waals surface area (Å²) in [5.41, 5.74) is 0. The first-order valence-electron chi connectivity index (χ1n) is 4.59. The lowest BCUT2D eigenvalue weighted by Crippen LogP contribution is -2.19. The molecule has 0 bridgehead atoms. The molecule has 0 spiro atoms. The Bertz CT molecular complexity index is 242. The molecule has 2 unspecified atom stereocenters. The third kappa shape index (κ3) is 8.78. The SMILES string of the molecule is O=CNCCCOP(=O)(O)OCC(O)CO.[HH]. The Morgan fingerprint density at radius 1 is 1.50 bits per heavy atom. The number of amides is 1. The van der Waals surface area contributed by atoms with Crippen LogP contribution < -0.4 is 5.32 Å². The first kappa shape index (κ1) is 15.5. The maximum atomic E-state index is 11.1. The van der Waals surface area contributed by atoms with Crippen LogP contribution in [0.1, 0.15) is 7.85 Å². The van der Waals surface area contributed by atoms with Gasteiger partial charge in [0.2, 0.25) is 6.41 Å². The van der Waals surface area contributed by atoms with Gasteiger partial charge < -0.3 is 20.4 Å². The Morgan fingerprint density at radius 3 is 2.75 bits per heavy atom. The van der Waals surface area contributed by atoms with Crippen LogP contribution in [0.3, 0.4) is 0 Å². The molecule has 8 nitrogen and oxygen atoms in total. The van der Waals surface area contributed by atoms with E-state index in [2.05, 4.69) is 14.4 Å². The van der Waals surface area contributed by atoms with Crippen LogP contribution in [0.4, 0.5) is 0 Å². The average Bonchev–Trinajstić information content (AvgIpc) is 2.25. The molecule has 0 aliphatic rings. The van der Waals surface area contributed by atoms with Crippen molar-refractivity contribution >= 4 is 14.2 Å². The molecule has 4 N–H and O–H groups in total. The molecular formula is C7H18NO7P. The molecule has 9 heteroatoms. The quantitative estimate of drug-likeness (QED) is 0.222. The molecule has 1 amide bonds. The molecule has 0 heterocycles. The lowest BCUT2D eigenvalue weighted by atomic mass is 10.4. The Labute approximate surface area is 94.3 Å². The lowest BCUT2D eigenvalue weighted by Gasteiger charge is -2.13. The van der Waals surface area contributed by atoms with Crippen LogP contribution in [0.15, 0.2) is 0 Å². The maximum absolute atomic E-state index is 11.1. The number of aliphatic hydroxyl groups is 2. The lowest BCUT2D eigenvalue weighted by molar-refractivity contribution is -0.109. The maximum Gasteiger partial charge on any atom is 0.472 e. The van der Waals surface area contributed by atoms with E-state index in [4.69, 9.17) is 15.1 Å². The molecule has 0 aliphatic heterocycles. The fourth-order valence-electron chi connectivity index (χ4n) is 0.683. The first-order chi connectivity index (χ1) is 7.52. The summed E-state index contributed by atoms with van der Waals surface area (Å²) in [7, 11) is -4.20. The number of carbonyl (C=O) groups excluding carboxylic acids is 1. The van der Waals surface area contributed by atoms with E-state index >= 15 is 0 Å². The van der Waals surface area contributed by atoms with Crippen LogP contribution in [0, 0.1) is 0 Å². The molecule has 0 radical (unpaired) electrons. The number of rotatable bonds is 10. The van der Waals surface area contributed by atoms with E-state index in [1.165, 1.54) is 0 Å². The molecule has 98 valence electrons. The summed E-state index contributed by atoms with van der Waals surface area (Å²) in [6, 6.07) is 0. The molecule has 16 heavy (non-hydrogen) atoms. The first-order valence-corrected chi connectivity index (χ1v) is 6.09. The second-order valence-corrected chi connectivity index (χ2v) is 4.31. The summed E-state index contributed by atoms with van der Waals surface area (Å²) in [5.74, 6) is 0. The third-order valence-corrected chi connectivity index (χ3v) is 2.43. The molecule has 2 atom stereocenters. The number of nitrogens with one attached hydrogen (secondary N) is 1. The van der Waals surface area contributed by atoms with Crippen molar-refractivity contribution < 1.29 is 34.9 Å². The predicted molar refractivity (Wildman–Crippen MR) is 55.6 cm³/mol. The van der Waals surface area contributed by atoms with E-state index in [0.29, 0.717) is 19.4 Å². The fraction of sp³-hybridized carbons (Fsp3) is 0.857. The normalized spacial score (nSPS) is 16.4. The monoisotopic (exact) mass is 259 g/mol. The van der Waals surface area contributed by atoms with Gasteiger partial charge in [-0.1, -0.05) is 0 Å². The zero-order valence-electron chi connectivity index (χ0n) is 8.61. The highest BCUT2D eigenvalue weighted by atomic mass is 31.2. The smallest absolute Gasteiger partial charge is 0.394 e. The third-order valence-electron chi connectivity index (χ3n) is 1.44. The van der Waals surface area contributed by atoms with E-state index in [0.717, 1.165) is 0 Å². The fourth-order valence-corrected chi connectivity index (χ4v) is 1.48. The molecule has 0 fully saturated rings. The second-order valence-electron chi connectivity index (χ2n) is 2.86. The molecule has 0 aromatic carbocycles. The van der Waals surface area contributed by atoms with Crippen LogP contribution >= 0.6 is 7.82 Å². The summed E-state index contributed by atoms with van der Waals surface area (Å²) in [6.07, 6.45) is -0.359. The van der Waals surface area contributed by atoms with E-state index in [9.17, 15) is 9.36 Å². The van der Waals surface area contributed by atoms with Gasteiger partial charge in [-0.05, 0) is 6.42 Å². The van der Waals surface area contributed by atoms with Crippen molar-refractivity contribution in [1.82, 2.24) is 5.32 Å². The highest BCUT2D eigenvalue weighted by Gasteiger charge is 2.21. The van der Waals surface area contributed by atoms with Crippen molar-refractivity contribution in [3.05, 3.63) is 0 Å². The van der Waals surface area contributed by atoms with Crippen LogP contribution in [0.5, 0.6) is 0 Å². The molecule has 0 aromatic rings. The molecule has 0 rings (SSSR count). The number of phosphoric acid groups is 1. The second kappa shape index (κ2) is 8.63. The number of aliphatic hydroxyl groups excluding tert-OH is 2. The average molecular weight is 259 g/mol. The van der Waals surface area contributed by atoms with E-state index in [1.54, 1.807) is 0 Å². The highest BCUT2D eigenvalue weighted by Crippen LogP contribution is 2.43. The Morgan fingerprint density at radius 2 is 2.19 bits per heavy atom. The standard InChI is InChI=1S/C7H16NO7P.H2/c9-4-7(11)5-15-16(12,13)14-3-1-2-8-6-10;/h6-7,9,11H,1-5H2,(H,8,10)(H,12,13);1H. The number of phosphoric ester groups is 1. The zero-order chi connectivity index (χ0) is 12.4. The number of carbonyl (C=O) groups is 1. The minimum Gasteiger partial charge on any atom is -0.394 e. The van der Waals surface area contributed by atoms with Crippen LogP contribution in [-0.4, -0.2) is 54.0 Å². The Balaban J connectivity index is 0. The van der Waals surface area contributed by atoms with Crippen molar-refractivity contribution in [2.45, 2.75) is 12.5 Å². The minimum absolute atomic E-state index is 0. The topological polar surface area (TPSA) is 125 Å². The highest BCUT2D eigenvalue weighted by molar-refractivity contribution is 7.47. The summed E-state index contributed by atoms with van der Waals surface area (Å²) < 4.78 is 20.0. The van der Waals surface area contributed by atoms with Gasteiger partial charge >= 0.3 is 7.82 Å². The minimum atomic E-state index is -4.20. The largest absolute Gasteiger partial charge is 0.472 e. The van der Waals surface area contributed by atoms with Gasteiger partial charge in [-0.3, -0.25) is 13.8 Å². The van der Waals surface area contributed by atoms with Gasteiger partial charge in [-0.25, -0.2) is 4.57 Å². The van der Waals surface area contributed by atoms with E-state index in [1.807, 2.05) is 0 Å². The zero-order valence-corrected chi connectivity index (χ0v) is 9.51. The van der Waals surface area contributed by atoms with Crippen molar-refractivity contribution in [2.75, 3.05) is 26.4 Å². The number of hydrogen-bond acceptors (Lipinski definition) is 6. The molecule has 0 aliphatic carbocycles. The summed E-state index contributed by atoms with van der Waals surface area (Å²) >= 11 is 0. The molecular weight excluding hydrogens is 241 g/mol. The van der Waals surface area contributed by atoms with Crippen LogP contribution in [0.25, 0.3) is 0 Å².